The summed E-state index contributed by atoms with van der Waals surface area (Å²) in [5.74, 6) is 0.990. The van der Waals surface area contributed by atoms with Crippen LogP contribution in [0, 0.1) is 6.92 Å². The Morgan fingerprint density at radius 3 is 2.90 bits per heavy atom. The molecule has 0 saturated heterocycles. The second-order valence-electron chi connectivity index (χ2n) is 5.33. The number of aryl methyl sites for hydroxylation is 2. The minimum atomic E-state index is -0.153. The van der Waals surface area contributed by atoms with Gasteiger partial charge in [0.05, 0.1) is 12.6 Å². The molecule has 1 unspecified atom stereocenters. The summed E-state index contributed by atoms with van der Waals surface area (Å²) in [5.41, 5.74) is 11.1. The first-order valence-electron chi connectivity index (χ1n) is 6.92. The Morgan fingerprint density at radius 1 is 1.25 bits per heavy atom. The third-order valence-electron chi connectivity index (χ3n) is 3.72. The number of ether oxygens (including phenoxy) is 1. The summed E-state index contributed by atoms with van der Waals surface area (Å²) < 4.78 is 6.93. The van der Waals surface area contributed by atoms with Crippen molar-refractivity contribution >= 4 is 15.9 Å². The van der Waals surface area contributed by atoms with E-state index in [1.165, 1.54) is 11.1 Å². The van der Waals surface area contributed by atoms with Crippen molar-refractivity contribution in [1.29, 1.82) is 0 Å². The maximum Gasteiger partial charge on any atom is 0.127 e. The predicted octanol–water partition coefficient (Wildman–Crippen LogP) is 4.13. The van der Waals surface area contributed by atoms with E-state index in [1.54, 1.807) is 0 Å². The summed E-state index contributed by atoms with van der Waals surface area (Å²) in [7, 11) is 0. The molecule has 20 heavy (non-hydrogen) atoms. The highest BCUT2D eigenvalue weighted by Crippen LogP contribution is 2.35. The first kappa shape index (κ1) is 13.7. The number of fused-ring (bicyclic) bond motifs is 1. The molecule has 0 bridgehead atoms. The van der Waals surface area contributed by atoms with E-state index < -0.39 is 0 Å². The van der Waals surface area contributed by atoms with E-state index >= 15 is 0 Å². The van der Waals surface area contributed by atoms with Gasteiger partial charge in [-0.05, 0) is 48.6 Å². The monoisotopic (exact) mass is 331 g/mol. The summed E-state index contributed by atoms with van der Waals surface area (Å²) in [6.45, 7) is 2.87. The first-order chi connectivity index (χ1) is 9.65. The van der Waals surface area contributed by atoms with Gasteiger partial charge in [0.25, 0.3) is 0 Å². The van der Waals surface area contributed by atoms with Crippen molar-refractivity contribution in [3.8, 4) is 5.75 Å². The van der Waals surface area contributed by atoms with Crippen LogP contribution in [0.5, 0.6) is 5.75 Å². The molecule has 2 aromatic carbocycles. The Labute approximate surface area is 128 Å². The normalized spacial score (nSPS) is 15.3. The molecule has 1 atom stereocenters. The third-order valence-corrected chi connectivity index (χ3v) is 4.18. The predicted molar refractivity (Wildman–Crippen MR) is 85.2 cm³/mol. The molecule has 0 fully saturated rings. The van der Waals surface area contributed by atoms with Crippen LogP contribution in [0.2, 0.25) is 0 Å². The van der Waals surface area contributed by atoms with Gasteiger partial charge in [0.2, 0.25) is 0 Å². The van der Waals surface area contributed by atoms with Crippen molar-refractivity contribution in [1.82, 2.24) is 0 Å². The molecule has 2 aromatic rings. The van der Waals surface area contributed by atoms with Gasteiger partial charge in [-0.25, -0.2) is 0 Å². The van der Waals surface area contributed by atoms with Crippen molar-refractivity contribution in [3.63, 3.8) is 0 Å². The maximum atomic E-state index is 6.48. The largest absolute Gasteiger partial charge is 0.493 e. The minimum absolute atomic E-state index is 0.153. The Morgan fingerprint density at radius 2 is 2.10 bits per heavy atom. The van der Waals surface area contributed by atoms with Gasteiger partial charge in [-0.3, -0.25) is 0 Å². The van der Waals surface area contributed by atoms with Crippen molar-refractivity contribution in [2.24, 2.45) is 5.73 Å². The molecule has 0 amide bonds. The lowest BCUT2D eigenvalue weighted by Gasteiger charge is -2.23. The Hall–Kier alpha value is -1.32. The molecule has 0 radical (unpaired) electrons. The number of hydrogen-bond acceptors (Lipinski definition) is 2. The van der Waals surface area contributed by atoms with Crippen LogP contribution in [0.1, 0.15) is 34.7 Å². The first-order valence-corrected chi connectivity index (χ1v) is 7.72. The molecule has 0 aliphatic carbocycles. The third kappa shape index (κ3) is 2.60. The van der Waals surface area contributed by atoms with E-state index in [0.29, 0.717) is 0 Å². The van der Waals surface area contributed by atoms with Crippen LogP contribution < -0.4 is 10.5 Å². The van der Waals surface area contributed by atoms with Gasteiger partial charge in [0.15, 0.2) is 0 Å². The van der Waals surface area contributed by atoms with E-state index in [0.717, 1.165) is 40.8 Å². The number of benzene rings is 2. The highest BCUT2D eigenvalue weighted by Gasteiger charge is 2.20. The molecule has 1 aliphatic rings. The Balaban J connectivity index is 2.04. The average molecular weight is 332 g/mol. The summed E-state index contributed by atoms with van der Waals surface area (Å²) in [6, 6.07) is 12.4. The van der Waals surface area contributed by atoms with Gasteiger partial charge in [-0.15, -0.1) is 0 Å². The van der Waals surface area contributed by atoms with E-state index in [-0.39, 0.29) is 6.04 Å². The van der Waals surface area contributed by atoms with Gasteiger partial charge in [0.1, 0.15) is 5.75 Å². The maximum absolute atomic E-state index is 6.48. The highest BCUT2D eigenvalue weighted by atomic mass is 79.9. The molecule has 0 aromatic heterocycles. The molecular formula is C17H18BrNO. The van der Waals surface area contributed by atoms with Crippen LogP contribution >= 0.6 is 15.9 Å². The minimum Gasteiger partial charge on any atom is -0.493 e. The lowest BCUT2D eigenvalue weighted by Crippen LogP contribution is -2.17. The fourth-order valence-corrected chi connectivity index (χ4v) is 3.41. The number of para-hydroxylation sites is 1. The number of hydrogen-bond donors (Lipinski definition) is 1. The fourth-order valence-electron chi connectivity index (χ4n) is 2.78. The van der Waals surface area contributed by atoms with E-state index in [2.05, 4.69) is 59.3 Å². The van der Waals surface area contributed by atoms with E-state index in [1.807, 2.05) is 0 Å². The standard InChI is InChI=1S/C17H18BrNO/c1-11-8-13(10-14(18)9-11)16(19)15-6-2-4-12-5-3-7-20-17(12)15/h2,4,6,8-10,16H,3,5,7,19H2,1H3. The second-order valence-corrected chi connectivity index (χ2v) is 6.24. The quantitative estimate of drug-likeness (QED) is 0.897. The van der Waals surface area contributed by atoms with Crippen LogP contribution in [0.3, 0.4) is 0 Å². The van der Waals surface area contributed by atoms with Crippen molar-refractivity contribution in [3.05, 3.63) is 63.1 Å². The Kier molecular flexibility index (Phi) is 3.81. The molecule has 3 heteroatoms. The van der Waals surface area contributed by atoms with Crippen LogP contribution in [-0.2, 0) is 6.42 Å². The average Bonchev–Trinajstić information content (AvgIpc) is 2.45. The molecule has 0 spiro atoms. The zero-order valence-electron chi connectivity index (χ0n) is 11.5. The number of rotatable bonds is 2. The lowest BCUT2D eigenvalue weighted by molar-refractivity contribution is 0.284. The van der Waals surface area contributed by atoms with E-state index in [9.17, 15) is 0 Å². The van der Waals surface area contributed by atoms with E-state index in [4.69, 9.17) is 10.5 Å². The van der Waals surface area contributed by atoms with Crippen molar-refractivity contribution < 1.29 is 4.74 Å². The van der Waals surface area contributed by atoms with Crippen LogP contribution in [0.4, 0.5) is 0 Å². The molecule has 1 heterocycles. The second kappa shape index (κ2) is 5.58. The molecule has 3 rings (SSSR count). The van der Waals surface area contributed by atoms with Crippen molar-refractivity contribution in [2.45, 2.75) is 25.8 Å². The SMILES string of the molecule is Cc1cc(Br)cc(C(N)c2cccc3c2OCCC3)c1. The van der Waals surface area contributed by atoms with Gasteiger partial charge in [-0.1, -0.05) is 40.2 Å². The summed E-state index contributed by atoms with van der Waals surface area (Å²) in [5, 5.41) is 0. The summed E-state index contributed by atoms with van der Waals surface area (Å²) >= 11 is 3.54. The summed E-state index contributed by atoms with van der Waals surface area (Å²) in [6.07, 6.45) is 2.16. The number of halogens is 1. The smallest absolute Gasteiger partial charge is 0.127 e. The molecule has 2 N–H and O–H groups in total. The lowest BCUT2D eigenvalue weighted by atomic mass is 9.93. The zero-order valence-corrected chi connectivity index (χ0v) is 13.1. The number of nitrogens with two attached hydrogens (primary N) is 1. The van der Waals surface area contributed by atoms with Gasteiger partial charge < -0.3 is 10.5 Å². The molecule has 0 saturated carbocycles. The molecule has 104 valence electrons. The molecular weight excluding hydrogens is 314 g/mol. The zero-order chi connectivity index (χ0) is 14.1. The van der Waals surface area contributed by atoms with Gasteiger partial charge in [0, 0.05) is 10.0 Å². The van der Waals surface area contributed by atoms with Gasteiger partial charge in [-0.2, -0.15) is 0 Å². The highest BCUT2D eigenvalue weighted by molar-refractivity contribution is 9.10. The molecule has 1 aliphatic heterocycles. The summed E-state index contributed by atoms with van der Waals surface area (Å²) in [4.78, 5) is 0. The van der Waals surface area contributed by atoms with Gasteiger partial charge >= 0.3 is 0 Å². The van der Waals surface area contributed by atoms with Crippen LogP contribution in [-0.4, -0.2) is 6.61 Å². The molecule has 2 nitrogen and oxygen atoms in total. The fraction of sp³-hybridized carbons (Fsp3) is 0.294. The topological polar surface area (TPSA) is 35.2 Å². The van der Waals surface area contributed by atoms with Crippen molar-refractivity contribution in [2.75, 3.05) is 6.61 Å². The van der Waals surface area contributed by atoms with Crippen LogP contribution in [0.25, 0.3) is 0 Å². The van der Waals surface area contributed by atoms with Crippen LogP contribution in [0.15, 0.2) is 40.9 Å². The Bertz CT molecular complexity index is 619.